The average Bonchev–Trinajstić information content (AvgIpc) is 3.01. The molecule has 4 rings (SSSR count). The van der Waals surface area contributed by atoms with Crippen LogP contribution in [-0.2, 0) is 18.4 Å². The fourth-order valence-electron chi connectivity index (χ4n) is 2.68. The summed E-state index contributed by atoms with van der Waals surface area (Å²) in [6.45, 7) is 2.64. The Morgan fingerprint density at radius 1 is 1.35 bits per heavy atom. The smallest absolute Gasteiger partial charge is 0.257 e. The molecule has 122 valence electrons. The second kappa shape index (κ2) is 5.77. The Kier molecular flexibility index (Phi) is 3.60. The zero-order valence-corrected chi connectivity index (χ0v) is 13.1. The normalized spacial score (nSPS) is 18.2. The quantitative estimate of drug-likeness (QED) is 0.781. The molecule has 1 saturated carbocycles. The molecule has 0 spiro atoms. The molecule has 2 aromatic rings. The molecule has 2 fully saturated rings. The van der Waals surface area contributed by atoms with Gasteiger partial charge < -0.3 is 9.64 Å². The fraction of sp³-hybridized carbons (Fsp3) is 0.600. The van der Waals surface area contributed by atoms with E-state index in [-0.39, 0.29) is 11.9 Å². The molecule has 1 aliphatic heterocycles. The Balaban J connectivity index is 1.27. The summed E-state index contributed by atoms with van der Waals surface area (Å²) in [4.78, 5) is 14.0. The third-order valence-electron chi connectivity index (χ3n) is 4.33. The molecule has 8 heteroatoms. The number of aryl methyl sites for hydroxylation is 1. The van der Waals surface area contributed by atoms with Gasteiger partial charge in [0.1, 0.15) is 5.69 Å². The number of hydrogen-bond donors (Lipinski definition) is 0. The molecule has 0 unspecified atom stereocenters. The lowest BCUT2D eigenvalue weighted by atomic mass is 10.1. The second-order valence-corrected chi connectivity index (χ2v) is 6.42. The number of amides is 1. The number of carbonyl (C=O) groups excluding carboxylic acids is 1. The highest BCUT2D eigenvalue weighted by Gasteiger charge is 2.33. The molecule has 0 radical (unpaired) electrons. The van der Waals surface area contributed by atoms with E-state index in [1.165, 1.54) is 12.8 Å². The minimum Gasteiger partial charge on any atom is -0.375 e. The van der Waals surface area contributed by atoms with Gasteiger partial charge in [0.15, 0.2) is 0 Å². The van der Waals surface area contributed by atoms with Gasteiger partial charge in [-0.25, -0.2) is 4.68 Å². The maximum Gasteiger partial charge on any atom is 0.257 e. The highest BCUT2D eigenvalue weighted by molar-refractivity contribution is 5.94. The number of rotatable bonds is 6. The number of carbonyl (C=O) groups is 1. The molecular weight excluding hydrogens is 296 g/mol. The van der Waals surface area contributed by atoms with Crippen molar-refractivity contribution in [2.75, 3.05) is 19.7 Å². The molecule has 1 aliphatic carbocycles. The van der Waals surface area contributed by atoms with E-state index in [1.54, 1.807) is 29.0 Å². The first-order valence-corrected chi connectivity index (χ1v) is 7.95. The van der Waals surface area contributed by atoms with Gasteiger partial charge in [-0.15, -0.1) is 5.10 Å². The molecule has 1 amide bonds. The van der Waals surface area contributed by atoms with Crippen molar-refractivity contribution in [3.05, 3.63) is 29.8 Å². The van der Waals surface area contributed by atoms with Crippen molar-refractivity contribution >= 4 is 5.91 Å². The molecule has 3 heterocycles. The van der Waals surface area contributed by atoms with Crippen LogP contribution in [0.1, 0.15) is 34.9 Å². The molecule has 2 aliphatic rings. The first kappa shape index (κ1) is 14.4. The summed E-state index contributed by atoms with van der Waals surface area (Å²) in [5.74, 6) is 0.770. The Morgan fingerprint density at radius 3 is 2.87 bits per heavy atom. The Hall–Kier alpha value is -2.22. The van der Waals surface area contributed by atoms with Crippen molar-refractivity contribution in [2.24, 2.45) is 13.0 Å². The summed E-state index contributed by atoms with van der Waals surface area (Å²) in [5, 5.41) is 12.3. The number of likely N-dealkylation sites (tertiary alicyclic amines) is 1. The van der Waals surface area contributed by atoms with Crippen LogP contribution in [0.25, 0.3) is 0 Å². The second-order valence-electron chi connectivity index (χ2n) is 6.42. The Labute approximate surface area is 134 Å². The van der Waals surface area contributed by atoms with Crippen LogP contribution in [0.15, 0.2) is 18.6 Å². The van der Waals surface area contributed by atoms with Gasteiger partial charge in [0, 0.05) is 32.9 Å². The van der Waals surface area contributed by atoms with Crippen LogP contribution in [0, 0.1) is 5.92 Å². The summed E-state index contributed by atoms with van der Waals surface area (Å²) in [6.07, 6.45) is 7.83. The lowest BCUT2D eigenvalue weighted by Gasteiger charge is -2.38. The number of hydrogen-bond acceptors (Lipinski definition) is 5. The summed E-state index contributed by atoms with van der Waals surface area (Å²) < 4.78 is 9.09. The zero-order chi connectivity index (χ0) is 15.8. The van der Waals surface area contributed by atoms with E-state index in [9.17, 15) is 4.79 Å². The fourth-order valence-corrected chi connectivity index (χ4v) is 2.68. The van der Waals surface area contributed by atoms with Gasteiger partial charge in [0.25, 0.3) is 5.91 Å². The van der Waals surface area contributed by atoms with Crippen molar-refractivity contribution in [1.82, 2.24) is 29.7 Å². The van der Waals surface area contributed by atoms with Gasteiger partial charge in [0.2, 0.25) is 0 Å². The SMILES string of the molecule is Cn1cc(C(=O)N2CC(n3cc(COCC4CC4)nn3)C2)cn1. The molecule has 0 N–H and O–H groups in total. The van der Waals surface area contributed by atoms with Crippen LogP contribution in [0.5, 0.6) is 0 Å². The van der Waals surface area contributed by atoms with E-state index >= 15 is 0 Å². The highest BCUT2D eigenvalue weighted by atomic mass is 16.5. The monoisotopic (exact) mass is 316 g/mol. The average molecular weight is 316 g/mol. The van der Waals surface area contributed by atoms with E-state index in [0.717, 1.165) is 18.2 Å². The number of ether oxygens (including phenoxy) is 1. The predicted molar refractivity (Wildman–Crippen MR) is 80.6 cm³/mol. The highest BCUT2D eigenvalue weighted by Crippen LogP contribution is 2.29. The molecule has 23 heavy (non-hydrogen) atoms. The van der Waals surface area contributed by atoms with Gasteiger partial charge in [-0.1, -0.05) is 5.21 Å². The van der Waals surface area contributed by atoms with Crippen LogP contribution in [0.3, 0.4) is 0 Å². The maximum absolute atomic E-state index is 12.2. The standard InChI is InChI=1S/C15H20N6O2/c1-19-5-12(4-16-19)15(22)20-7-14(8-20)21-6-13(17-18-21)10-23-9-11-2-3-11/h4-6,11,14H,2-3,7-10H2,1H3. The van der Waals surface area contributed by atoms with Crippen molar-refractivity contribution < 1.29 is 9.53 Å². The van der Waals surface area contributed by atoms with Crippen LogP contribution >= 0.6 is 0 Å². The molecule has 2 aromatic heterocycles. The molecule has 0 atom stereocenters. The van der Waals surface area contributed by atoms with Crippen molar-refractivity contribution in [1.29, 1.82) is 0 Å². The summed E-state index contributed by atoms with van der Waals surface area (Å²) >= 11 is 0. The lowest BCUT2D eigenvalue weighted by molar-refractivity contribution is 0.0498. The largest absolute Gasteiger partial charge is 0.375 e. The van der Waals surface area contributed by atoms with E-state index in [4.69, 9.17) is 4.74 Å². The van der Waals surface area contributed by atoms with E-state index < -0.39 is 0 Å². The topological polar surface area (TPSA) is 78.1 Å². The van der Waals surface area contributed by atoms with Gasteiger partial charge in [-0.05, 0) is 18.8 Å². The third-order valence-corrected chi connectivity index (χ3v) is 4.33. The third kappa shape index (κ3) is 3.12. The van der Waals surface area contributed by atoms with Crippen LogP contribution in [0.4, 0.5) is 0 Å². The number of aromatic nitrogens is 5. The van der Waals surface area contributed by atoms with Gasteiger partial charge in [-0.3, -0.25) is 9.48 Å². The van der Waals surface area contributed by atoms with Crippen LogP contribution in [0.2, 0.25) is 0 Å². The van der Waals surface area contributed by atoms with Crippen LogP contribution < -0.4 is 0 Å². The summed E-state index contributed by atoms with van der Waals surface area (Å²) in [5.41, 5.74) is 1.47. The van der Waals surface area contributed by atoms with E-state index in [2.05, 4.69) is 15.4 Å². The first-order valence-electron chi connectivity index (χ1n) is 7.95. The Morgan fingerprint density at radius 2 is 2.17 bits per heavy atom. The predicted octanol–water partition coefficient (Wildman–Crippen LogP) is 0.635. The Bertz CT molecular complexity index is 698. The van der Waals surface area contributed by atoms with E-state index in [1.807, 2.05) is 10.9 Å². The van der Waals surface area contributed by atoms with Crippen LogP contribution in [-0.4, -0.2) is 55.3 Å². The molecule has 8 nitrogen and oxygen atoms in total. The zero-order valence-electron chi connectivity index (χ0n) is 13.1. The molecule has 0 aromatic carbocycles. The lowest BCUT2D eigenvalue weighted by Crippen LogP contribution is -2.50. The number of nitrogens with zero attached hydrogens (tertiary/aromatic N) is 6. The maximum atomic E-state index is 12.2. The van der Waals surface area contributed by atoms with Crippen molar-refractivity contribution in [2.45, 2.75) is 25.5 Å². The van der Waals surface area contributed by atoms with E-state index in [0.29, 0.717) is 25.3 Å². The molecular formula is C15H20N6O2. The molecule has 1 saturated heterocycles. The van der Waals surface area contributed by atoms with Gasteiger partial charge in [-0.2, -0.15) is 5.10 Å². The van der Waals surface area contributed by atoms with Crippen molar-refractivity contribution in [3.8, 4) is 0 Å². The summed E-state index contributed by atoms with van der Waals surface area (Å²) in [7, 11) is 1.80. The minimum atomic E-state index is 0.0162. The van der Waals surface area contributed by atoms with Crippen molar-refractivity contribution in [3.63, 3.8) is 0 Å². The minimum absolute atomic E-state index is 0.0162. The first-order chi connectivity index (χ1) is 11.2. The summed E-state index contributed by atoms with van der Waals surface area (Å²) in [6, 6.07) is 0.195. The molecule has 0 bridgehead atoms. The van der Waals surface area contributed by atoms with Gasteiger partial charge in [0.05, 0.1) is 30.6 Å². The van der Waals surface area contributed by atoms with Gasteiger partial charge >= 0.3 is 0 Å².